The number of esters is 2. The third-order valence-electron chi connectivity index (χ3n) is 7.45. The molecule has 2 aromatic carbocycles. The van der Waals surface area contributed by atoms with Gasteiger partial charge in [-0.1, -0.05) is 30.3 Å². The van der Waals surface area contributed by atoms with Gasteiger partial charge in [0.1, 0.15) is 24.5 Å². The normalized spacial score (nSPS) is 15.7. The van der Waals surface area contributed by atoms with Gasteiger partial charge in [0.15, 0.2) is 0 Å². The van der Waals surface area contributed by atoms with Gasteiger partial charge in [0.25, 0.3) is 0 Å². The van der Waals surface area contributed by atoms with Crippen LogP contribution in [0.3, 0.4) is 0 Å². The average molecular weight is 533 g/mol. The second-order valence-corrected chi connectivity index (χ2v) is 11.4. The van der Waals surface area contributed by atoms with Gasteiger partial charge in [-0.15, -0.1) is 0 Å². The molecule has 7 nitrogen and oxygen atoms in total. The zero-order chi connectivity index (χ0) is 27.8. The molecule has 208 valence electrons. The first-order valence-electron chi connectivity index (χ1n) is 14.1. The molecule has 0 aliphatic heterocycles. The highest BCUT2D eigenvalue weighted by molar-refractivity contribution is 5.75. The third-order valence-corrected chi connectivity index (χ3v) is 7.45. The van der Waals surface area contributed by atoms with Gasteiger partial charge in [-0.05, 0) is 94.0 Å². The molecule has 1 saturated carbocycles. The Bertz CT molecular complexity index is 1170. The maximum Gasteiger partial charge on any atom is 0.309 e. The van der Waals surface area contributed by atoms with Crippen LogP contribution in [0.1, 0.15) is 68.7 Å². The fraction of sp³-hybridized carbons (Fsp3) is 0.531. The van der Waals surface area contributed by atoms with Crippen molar-refractivity contribution < 1.29 is 23.8 Å². The number of benzene rings is 2. The van der Waals surface area contributed by atoms with Crippen LogP contribution in [0.5, 0.6) is 5.75 Å². The van der Waals surface area contributed by atoms with Gasteiger partial charge < -0.3 is 19.5 Å². The summed E-state index contributed by atoms with van der Waals surface area (Å²) in [5.74, 6) is 0.543. The number of ether oxygens (including phenoxy) is 3. The van der Waals surface area contributed by atoms with Crippen molar-refractivity contribution in [2.45, 2.75) is 77.4 Å². The predicted octanol–water partition coefficient (Wildman–Crippen LogP) is 4.93. The van der Waals surface area contributed by atoms with Gasteiger partial charge in [-0.2, -0.15) is 5.26 Å². The van der Waals surface area contributed by atoms with Gasteiger partial charge in [0.05, 0.1) is 18.1 Å². The fourth-order valence-corrected chi connectivity index (χ4v) is 5.29. The number of fused-ring (bicyclic) bond motifs is 1. The summed E-state index contributed by atoms with van der Waals surface area (Å²) >= 11 is 0. The quantitative estimate of drug-likeness (QED) is 0.345. The standard InChI is InChI=1S/C32H40N2O5/c1-4-37-30(35)14-10-22-9-11-27(19-33)29(17-22)38-21-28(39-31(36)24-12-13-24)20-34-32(2,3)18-23-15-25-7-5-6-8-26(25)16-23/h5-9,11,17,23-24,28,34H,4,10,12-16,18,20-21H2,1-3H3. The first kappa shape index (κ1) is 28.6. The van der Waals surface area contributed by atoms with E-state index in [1.165, 1.54) is 11.1 Å². The molecule has 2 aliphatic rings. The van der Waals surface area contributed by atoms with E-state index in [-0.39, 0.29) is 36.4 Å². The molecule has 0 aromatic heterocycles. The SMILES string of the molecule is CCOC(=O)CCc1ccc(C#N)c(OCC(CNC(C)(C)CC2Cc3ccccc3C2)OC(=O)C2CC2)c1. The highest BCUT2D eigenvalue weighted by Gasteiger charge is 2.34. The molecule has 0 amide bonds. The third kappa shape index (κ3) is 8.56. The molecule has 1 N–H and O–H groups in total. The van der Waals surface area contributed by atoms with Crippen LogP contribution in [-0.2, 0) is 38.3 Å². The van der Waals surface area contributed by atoms with Crippen LogP contribution in [0, 0.1) is 23.2 Å². The topological polar surface area (TPSA) is 97.7 Å². The van der Waals surface area contributed by atoms with Crippen molar-refractivity contribution in [3.8, 4) is 11.8 Å². The zero-order valence-corrected chi connectivity index (χ0v) is 23.3. The maximum atomic E-state index is 12.5. The van der Waals surface area contributed by atoms with E-state index in [9.17, 15) is 14.9 Å². The molecule has 0 bridgehead atoms. The summed E-state index contributed by atoms with van der Waals surface area (Å²) in [6.45, 7) is 7.10. The summed E-state index contributed by atoms with van der Waals surface area (Å²) in [5.41, 5.74) is 4.01. The molecule has 0 heterocycles. The zero-order valence-electron chi connectivity index (χ0n) is 23.3. The molecular weight excluding hydrogens is 492 g/mol. The van der Waals surface area contributed by atoms with Crippen LogP contribution in [0.15, 0.2) is 42.5 Å². The molecule has 39 heavy (non-hydrogen) atoms. The molecule has 1 unspecified atom stereocenters. The van der Waals surface area contributed by atoms with Crippen molar-refractivity contribution in [1.82, 2.24) is 5.32 Å². The van der Waals surface area contributed by atoms with E-state index < -0.39 is 6.10 Å². The van der Waals surface area contributed by atoms with Crippen molar-refractivity contribution in [3.63, 3.8) is 0 Å². The minimum Gasteiger partial charge on any atom is -0.488 e. The molecule has 0 spiro atoms. The van der Waals surface area contributed by atoms with Crippen LogP contribution >= 0.6 is 0 Å². The van der Waals surface area contributed by atoms with Crippen molar-refractivity contribution >= 4 is 11.9 Å². The molecule has 1 fully saturated rings. The lowest BCUT2D eigenvalue weighted by Crippen LogP contribution is -2.47. The Morgan fingerprint density at radius 1 is 1.13 bits per heavy atom. The second kappa shape index (κ2) is 13.1. The van der Waals surface area contributed by atoms with Crippen LogP contribution in [-0.4, -0.2) is 43.3 Å². The van der Waals surface area contributed by atoms with Gasteiger partial charge in [-0.3, -0.25) is 9.59 Å². The highest BCUT2D eigenvalue weighted by Crippen LogP contribution is 2.33. The predicted molar refractivity (Wildman–Crippen MR) is 148 cm³/mol. The number of nitriles is 1. The van der Waals surface area contributed by atoms with Crippen LogP contribution in [0.4, 0.5) is 0 Å². The Morgan fingerprint density at radius 3 is 2.49 bits per heavy atom. The Morgan fingerprint density at radius 2 is 1.85 bits per heavy atom. The molecular formula is C32H40N2O5. The molecule has 4 rings (SSSR count). The van der Waals surface area contributed by atoms with Gasteiger partial charge >= 0.3 is 11.9 Å². The molecule has 7 heteroatoms. The first-order valence-corrected chi connectivity index (χ1v) is 14.1. The first-order chi connectivity index (χ1) is 18.8. The number of carbonyl (C=O) groups is 2. The molecule has 2 aliphatic carbocycles. The van der Waals surface area contributed by atoms with E-state index in [1.807, 2.05) is 6.07 Å². The van der Waals surface area contributed by atoms with E-state index in [4.69, 9.17) is 14.2 Å². The molecule has 0 saturated heterocycles. The molecule has 1 atom stereocenters. The lowest BCUT2D eigenvalue weighted by atomic mass is 9.88. The van der Waals surface area contributed by atoms with E-state index in [1.54, 1.807) is 19.1 Å². The van der Waals surface area contributed by atoms with Crippen LogP contribution in [0.2, 0.25) is 0 Å². The highest BCUT2D eigenvalue weighted by atomic mass is 16.6. The fourth-order valence-electron chi connectivity index (χ4n) is 5.29. The van der Waals surface area contributed by atoms with Crippen molar-refractivity contribution in [2.75, 3.05) is 19.8 Å². The van der Waals surface area contributed by atoms with Crippen molar-refractivity contribution in [2.24, 2.45) is 11.8 Å². The summed E-state index contributed by atoms with van der Waals surface area (Å²) in [5, 5.41) is 13.2. The van der Waals surface area contributed by atoms with Gasteiger partial charge in [0, 0.05) is 18.5 Å². The van der Waals surface area contributed by atoms with Gasteiger partial charge in [0.2, 0.25) is 0 Å². The summed E-state index contributed by atoms with van der Waals surface area (Å²) < 4.78 is 16.9. The molecule has 2 aromatic rings. The smallest absolute Gasteiger partial charge is 0.309 e. The summed E-state index contributed by atoms with van der Waals surface area (Å²) in [7, 11) is 0. The average Bonchev–Trinajstić information content (AvgIpc) is 3.69. The van der Waals surface area contributed by atoms with Crippen LogP contribution < -0.4 is 10.1 Å². The summed E-state index contributed by atoms with van der Waals surface area (Å²) in [6, 6.07) is 16.1. The number of nitrogens with one attached hydrogen (secondary N) is 1. The van der Waals surface area contributed by atoms with E-state index in [2.05, 4.69) is 49.5 Å². The van der Waals surface area contributed by atoms with E-state index in [0.717, 1.165) is 37.7 Å². The Hall–Kier alpha value is -3.37. The number of nitrogens with zero attached hydrogens (tertiary/aromatic N) is 1. The monoisotopic (exact) mass is 532 g/mol. The largest absolute Gasteiger partial charge is 0.488 e. The number of aryl methyl sites for hydroxylation is 1. The van der Waals surface area contributed by atoms with Crippen LogP contribution in [0.25, 0.3) is 0 Å². The number of rotatable bonds is 14. The number of carbonyl (C=O) groups excluding carboxylic acids is 2. The molecule has 0 radical (unpaired) electrons. The van der Waals surface area contributed by atoms with Crippen molar-refractivity contribution in [3.05, 3.63) is 64.7 Å². The number of hydrogen-bond acceptors (Lipinski definition) is 7. The second-order valence-electron chi connectivity index (χ2n) is 11.4. The Labute approximate surface area is 231 Å². The number of hydrogen-bond donors (Lipinski definition) is 1. The lowest BCUT2D eigenvalue weighted by Gasteiger charge is -2.31. The Kier molecular flexibility index (Phi) is 9.63. The Balaban J connectivity index is 1.35. The summed E-state index contributed by atoms with van der Waals surface area (Å²) in [6.07, 6.45) is 5.18. The van der Waals surface area contributed by atoms with E-state index >= 15 is 0 Å². The minimum atomic E-state index is -0.493. The van der Waals surface area contributed by atoms with E-state index in [0.29, 0.717) is 36.8 Å². The summed E-state index contributed by atoms with van der Waals surface area (Å²) in [4.78, 5) is 24.3. The maximum absolute atomic E-state index is 12.5. The van der Waals surface area contributed by atoms with Gasteiger partial charge in [-0.25, -0.2) is 0 Å². The van der Waals surface area contributed by atoms with Crippen molar-refractivity contribution in [1.29, 1.82) is 5.26 Å². The minimum absolute atomic E-state index is 0.0154. The lowest BCUT2D eigenvalue weighted by molar-refractivity contribution is -0.152.